The van der Waals surface area contributed by atoms with Crippen molar-refractivity contribution in [2.45, 2.75) is 32.6 Å². The number of hydrogen-bond donors (Lipinski definition) is 1. The summed E-state index contributed by atoms with van der Waals surface area (Å²) in [5, 5.41) is 10.5. The average molecular weight is 285 g/mol. The minimum absolute atomic E-state index is 0.108. The normalized spacial score (nSPS) is 12.1. The maximum absolute atomic E-state index is 12.9. The number of nitrogens with zero attached hydrogens (tertiary/aromatic N) is 2. The number of rotatable bonds is 4. The largest absolute Gasteiger partial charge is 0.419 e. The average Bonchev–Trinajstić information content (AvgIpc) is 2.84. The maximum Gasteiger partial charge on any atom is 0.417 e. The van der Waals surface area contributed by atoms with E-state index in [-0.39, 0.29) is 23.4 Å². The molecule has 1 aromatic heterocycles. The van der Waals surface area contributed by atoms with Crippen molar-refractivity contribution in [3.05, 3.63) is 35.7 Å². The minimum atomic E-state index is -4.46. The highest BCUT2D eigenvalue weighted by Crippen LogP contribution is 2.36. The highest BCUT2D eigenvalue weighted by Gasteiger charge is 2.34. The lowest BCUT2D eigenvalue weighted by Crippen LogP contribution is -2.21. The number of alkyl halides is 3. The second-order valence-corrected chi connectivity index (χ2v) is 4.58. The van der Waals surface area contributed by atoms with Crippen LogP contribution >= 0.6 is 0 Å². The standard InChI is InChI=1S/C13H14F3N3O/c1-8(2)17-7-11-18-19-12(20-11)9-5-3-4-6-10(9)13(14,15)16/h3-6,8,17H,7H2,1-2H3. The van der Waals surface area contributed by atoms with Gasteiger partial charge in [-0.25, -0.2) is 0 Å². The highest BCUT2D eigenvalue weighted by molar-refractivity contribution is 5.59. The predicted molar refractivity (Wildman–Crippen MR) is 66.7 cm³/mol. The lowest BCUT2D eigenvalue weighted by molar-refractivity contribution is -0.137. The first-order valence-electron chi connectivity index (χ1n) is 6.10. The molecule has 1 heterocycles. The molecule has 2 rings (SSSR count). The van der Waals surface area contributed by atoms with Gasteiger partial charge in [-0.15, -0.1) is 10.2 Å². The van der Waals surface area contributed by atoms with Gasteiger partial charge in [-0.2, -0.15) is 13.2 Å². The molecule has 0 atom stereocenters. The van der Waals surface area contributed by atoms with E-state index < -0.39 is 11.7 Å². The fourth-order valence-electron chi connectivity index (χ4n) is 1.64. The van der Waals surface area contributed by atoms with Crippen molar-refractivity contribution in [3.63, 3.8) is 0 Å². The van der Waals surface area contributed by atoms with Gasteiger partial charge in [0, 0.05) is 6.04 Å². The van der Waals surface area contributed by atoms with Gasteiger partial charge in [0.15, 0.2) is 0 Å². The molecule has 0 saturated heterocycles. The molecule has 2 aromatic rings. The molecule has 0 radical (unpaired) electrons. The van der Waals surface area contributed by atoms with Crippen LogP contribution in [0.15, 0.2) is 28.7 Å². The Morgan fingerprint density at radius 2 is 1.90 bits per heavy atom. The van der Waals surface area contributed by atoms with Gasteiger partial charge in [-0.1, -0.05) is 26.0 Å². The number of benzene rings is 1. The van der Waals surface area contributed by atoms with Crippen LogP contribution < -0.4 is 5.32 Å². The molecule has 0 aliphatic heterocycles. The molecular weight excluding hydrogens is 271 g/mol. The highest BCUT2D eigenvalue weighted by atomic mass is 19.4. The van der Waals surface area contributed by atoms with E-state index in [1.165, 1.54) is 18.2 Å². The Kier molecular flexibility index (Phi) is 4.08. The fraction of sp³-hybridized carbons (Fsp3) is 0.385. The van der Waals surface area contributed by atoms with Gasteiger partial charge < -0.3 is 9.73 Å². The van der Waals surface area contributed by atoms with Gasteiger partial charge in [0.05, 0.1) is 17.7 Å². The predicted octanol–water partition coefficient (Wildman–Crippen LogP) is 3.25. The van der Waals surface area contributed by atoms with Crippen molar-refractivity contribution in [2.24, 2.45) is 0 Å². The molecule has 0 bridgehead atoms. The van der Waals surface area contributed by atoms with Crippen molar-refractivity contribution >= 4 is 0 Å². The van der Waals surface area contributed by atoms with E-state index in [1.807, 2.05) is 13.8 Å². The molecule has 1 aromatic carbocycles. The van der Waals surface area contributed by atoms with Crippen LogP contribution in [-0.2, 0) is 12.7 Å². The molecule has 0 aliphatic carbocycles. The van der Waals surface area contributed by atoms with Crippen molar-refractivity contribution < 1.29 is 17.6 Å². The molecule has 0 unspecified atom stereocenters. The first-order chi connectivity index (χ1) is 9.38. The van der Waals surface area contributed by atoms with Crippen LogP contribution in [0.5, 0.6) is 0 Å². The van der Waals surface area contributed by atoms with E-state index >= 15 is 0 Å². The number of halogens is 3. The van der Waals surface area contributed by atoms with E-state index in [0.29, 0.717) is 6.54 Å². The third kappa shape index (κ3) is 3.36. The summed E-state index contributed by atoms with van der Waals surface area (Å²) in [4.78, 5) is 0. The van der Waals surface area contributed by atoms with Gasteiger partial charge in [-0.3, -0.25) is 0 Å². The van der Waals surface area contributed by atoms with Crippen LogP contribution in [0.2, 0.25) is 0 Å². The van der Waals surface area contributed by atoms with Gasteiger partial charge in [0.25, 0.3) is 0 Å². The van der Waals surface area contributed by atoms with Gasteiger partial charge in [0.1, 0.15) is 0 Å². The summed E-state index contributed by atoms with van der Waals surface area (Å²) in [5.74, 6) is 0.129. The number of aromatic nitrogens is 2. The Morgan fingerprint density at radius 3 is 2.55 bits per heavy atom. The second-order valence-electron chi connectivity index (χ2n) is 4.58. The van der Waals surface area contributed by atoms with E-state index in [2.05, 4.69) is 15.5 Å². The maximum atomic E-state index is 12.9. The van der Waals surface area contributed by atoms with Crippen molar-refractivity contribution in [2.75, 3.05) is 0 Å². The molecule has 1 N–H and O–H groups in total. The van der Waals surface area contributed by atoms with Crippen LogP contribution in [0, 0.1) is 0 Å². The Balaban J connectivity index is 2.29. The Bertz CT molecular complexity index is 578. The summed E-state index contributed by atoms with van der Waals surface area (Å²) >= 11 is 0. The topological polar surface area (TPSA) is 51.0 Å². The Morgan fingerprint density at radius 1 is 1.20 bits per heavy atom. The fourth-order valence-corrected chi connectivity index (χ4v) is 1.64. The second kappa shape index (κ2) is 5.62. The summed E-state index contributed by atoms with van der Waals surface area (Å²) in [6.45, 7) is 4.20. The molecule has 108 valence electrons. The Labute approximate surface area is 114 Å². The number of hydrogen-bond acceptors (Lipinski definition) is 4. The van der Waals surface area contributed by atoms with Gasteiger partial charge in [0.2, 0.25) is 11.8 Å². The van der Waals surface area contributed by atoms with Gasteiger partial charge in [-0.05, 0) is 12.1 Å². The van der Waals surface area contributed by atoms with Crippen LogP contribution in [-0.4, -0.2) is 16.2 Å². The minimum Gasteiger partial charge on any atom is -0.419 e. The molecule has 0 spiro atoms. The molecule has 7 heteroatoms. The summed E-state index contributed by atoms with van der Waals surface area (Å²) in [5.41, 5.74) is -0.893. The molecule has 0 amide bonds. The molecule has 0 saturated carbocycles. The number of nitrogens with one attached hydrogen (secondary N) is 1. The van der Waals surface area contributed by atoms with Crippen molar-refractivity contribution in [1.82, 2.24) is 15.5 Å². The van der Waals surface area contributed by atoms with Crippen molar-refractivity contribution in [3.8, 4) is 11.5 Å². The van der Waals surface area contributed by atoms with Gasteiger partial charge >= 0.3 is 6.18 Å². The summed E-state index contributed by atoms with van der Waals surface area (Å²) in [7, 11) is 0. The summed E-state index contributed by atoms with van der Waals surface area (Å²) in [6, 6.07) is 5.35. The molecule has 0 fully saturated rings. The smallest absolute Gasteiger partial charge is 0.417 e. The molecule has 20 heavy (non-hydrogen) atoms. The molecule has 0 aliphatic rings. The van der Waals surface area contributed by atoms with E-state index in [9.17, 15) is 13.2 Å². The third-order valence-electron chi connectivity index (χ3n) is 2.59. The summed E-state index contributed by atoms with van der Waals surface area (Å²) in [6.07, 6.45) is -4.46. The molecular formula is C13H14F3N3O. The summed E-state index contributed by atoms with van der Waals surface area (Å²) < 4.78 is 43.9. The van der Waals surface area contributed by atoms with Crippen LogP contribution in [0.1, 0.15) is 25.3 Å². The molecule has 4 nitrogen and oxygen atoms in total. The third-order valence-corrected chi connectivity index (χ3v) is 2.59. The lowest BCUT2D eigenvalue weighted by atomic mass is 10.1. The van der Waals surface area contributed by atoms with Crippen LogP contribution in [0.4, 0.5) is 13.2 Å². The van der Waals surface area contributed by atoms with E-state index in [4.69, 9.17) is 4.42 Å². The quantitative estimate of drug-likeness (QED) is 0.936. The van der Waals surface area contributed by atoms with Crippen LogP contribution in [0.25, 0.3) is 11.5 Å². The SMILES string of the molecule is CC(C)NCc1nnc(-c2ccccc2C(F)(F)F)o1. The van der Waals surface area contributed by atoms with E-state index in [1.54, 1.807) is 0 Å². The Hall–Kier alpha value is -1.89. The first-order valence-corrected chi connectivity index (χ1v) is 6.10. The van der Waals surface area contributed by atoms with E-state index in [0.717, 1.165) is 6.07 Å². The lowest BCUT2D eigenvalue weighted by Gasteiger charge is -2.09. The monoisotopic (exact) mass is 285 g/mol. The zero-order valence-electron chi connectivity index (χ0n) is 11.0. The first kappa shape index (κ1) is 14.5. The zero-order valence-corrected chi connectivity index (χ0v) is 11.0. The van der Waals surface area contributed by atoms with Crippen LogP contribution in [0.3, 0.4) is 0 Å². The van der Waals surface area contributed by atoms with Crippen molar-refractivity contribution in [1.29, 1.82) is 0 Å². The zero-order chi connectivity index (χ0) is 14.8.